The summed E-state index contributed by atoms with van der Waals surface area (Å²) in [6.07, 6.45) is 9.29. The van der Waals surface area contributed by atoms with Gasteiger partial charge in [0.15, 0.2) is 11.1 Å². The smallest absolute Gasteiger partial charge is 0.195 e. The van der Waals surface area contributed by atoms with E-state index in [4.69, 9.17) is 5.73 Å². The second kappa shape index (κ2) is 6.41. The molecule has 7 nitrogen and oxygen atoms in total. The fourth-order valence-corrected chi connectivity index (χ4v) is 3.16. The van der Waals surface area contributed by atoms with E-state index in [1.54, 1.807) is 46.4 Å². The van der Waals surface area contributed by atoms with Gasteiger partial charge >= 0.3 is 0 Å². The van der Waals surface area contributed by atoms with Gasteiger partial charge in [-0.25, -0.2) is 19.3 Å². The van der Waals surface area contributed by atoms with Crippen molar-refractivity contribution < 1.29 is 5.11 Å². The maximum atomic E-state index is 13.0. The van der Waals surface area contributed by atoms with Gasteiger partial charge in [0.2, 0.25) is 0 Å². The zero-order valence-corrected chi connectivity index (χ0v) is 14.2. The standard InChI is InChI=1S/C19H19N5O2/c20-9-5-14-16(4-8-19(26)6-2-7-19)24(23-12-11-21-13-23)18-15(17(14)25)3-1-10-22-18/h1,3,10-13,26H,2,5-7,9,20H2. The number of pyridine rings is 2. The molecule has 0 bridgehead atoms. The molecule has 0 aromatic carbocycles. The van der Waals surface area contributed by atoms with Crippen LogP contribution in [0.3, 0.4) is 0 Å². The summed E-state index contributed by atoms with van der Waals surface area (Å²) in [5, 5.41) is 10.9. The van der Waals surface area contributed by atoms with E-state index in [9.17, 15) is 9.90 Å². The van der Waals surface area contributed by atoms with Crippen molar-refractivity contribution in [1.82, 2.24) is 19.3 Å². The van der Waals surface area contributed by atoms with E-state index in [1.807, 2.05) is 0 Å². The van der Waals surface area contributed by atoms with Crippen molar-refractivity contribution in [2.75, 3.05) is 6.54 Å². The Labute approximate surface area is 150 Å². The molecule has 1 saturated carbocycles. The molecule has 3 N–H and O–H groups in total. The Balaban J connectivity index is 2.07. The minimum Gasteiger partial charge on any atom is -0.378 e. The molecular formula is C19H19N5O2. The number of aromatic nitrogens is 4. The molecule has 0 unspecified atom stereocenters. The molecule has 0 spiro atoms. The van der Waals surface area contributed by atoms with Gasteiger partial charge in [-0.15, -0.1) is 0 Å². The summed E-state index contributed by atoms with van der Waals surface area (Å²) in [5.41, 5.74) is 6.15. The van der Waals surface area contributed by atoms with Crippen molar-refractivity contribution in [2.24, 2.45) is 5.73 Å². The summed E-state index contributed by atoms with van der Waals surface area (Å²) >= 11 is 0. The molecule has 7 heteroatoms. The van der Waals surface area contributed by atoms with Crippen LogP contribution < -0.4 is 11.2 Å². The third kappa shape index (κ3) is 2.69. The van der Waals surface area contributed by atoms with Crippen LogP contribution in [0.25, 0.3) is 11.0 Å². The molecule has 3 aromatic heterocycles. The molecule has 0 amide bonds. The number of hydrogen-bond acceptors (Lipinski definition) is 5. The summed E-state index contributed by atoms with van der Waals surface area (Å²) in [6.45, 7) is 0.323. The van der Waals surface area contributed by atoms with Crippen molar-refractivity contribution in [3.63, 3.8) is 0 Å². The molecule has 3 aromatic rings. The van der Waals surface area contributed by atoms with E-state index < -0.39 is 5.60 Å². The molecule has 132 valence electrons. The van der Waals surface area contributed by atoms with Crippen LogP contribution in [0.5, 0.6) is 0 Å². The lowest BCUT2D eigenvalue weighted by Gasteiger charge is -2.31. The molecule has 1 aliphatic carbocycles. The van der Waals surface area contributed by atoms with Gasteiger partial charge < -0.3 is 10.8 Å². The van der Waals surface area contributed by atoms with Crippen molar-refractivity contribution >= 4 is 11.0 Å². The van der Waals surface area contributed by atoms with Gasteiger partial charge in [-0.05, 0) is 50.3 Å². The monoisotopic (exact) mass is 349 g/mol. The summed E-state index contributed by atoms with van der Waals surface area (Å²) in [6, 6.07) is 3.48. The number of nitrogens with two attached hydrogens (primary N) is 1. The average molecular weight is 349 g/mol. The Kier molecular flexibility index (Phi) is 4.07. The second-order valence-electron chi connectivity index (χ2n) is 6.46. The van der Waals surface area contributed by atoms with Gasteiger partial charge in [0, 0.05) is 24.2 Å². The molecule has 3 heterocycles. The van der Waals surface area contributed by atoms with Gasteiger partial charge in [-0.3, -0.25) is 4.79 Å². The quantitative estimate of drug-likeness (QED) is 0.677. The van der Waals surface area contributed by atoms with Crippen molar-refractivity contribution in [3.05, 3.63) is 58.5 Å². The normalized spacial score (nSPS) is 15.3. The van der Waals surface area contributed by atoms with Crippen molar-refractivity contribution in [1.29, 1.82) is 0 Å². The molecule has 1 aliphatic rings. The Hall–Kier alpha value is -2.95. The highest BCUT2D eigenvalue weighted by molar-refractivity contribution is 5.77. The zero-order valence-electron chi connectivity index (χ0n) is 14.2. The second-order valence-corrected chi connectivity index (χ2v) is 6.46. The Bertz CT molecular complexity index is 1070. The number of fused-ring (bicyclic) bond motifs is 1. The number of hydrogen-bond donors (Lipinski definition) is 2. The predicted octanol–water partition coefficient (Wildman–Crippen LogP) is 0.672. The van der Waals surface area contributed by atoms with Crippen molar-refractivity contribution in [3.8, 4) is 11.8 Å². The largest absolute Gasteiger partial charge is 0.378 e. The minimum absolute atomic E-state index is 0.125. The SMILES string of the molecule is NCCc1c(C#CC2(O)CCC2)n(-n2ccnc2)c2ncccc2c1=O. The van der Waals surface area contributed by atoms with Gasteiger partial charge in [-0.1, -0.05) is 5.92 Å². The number of rotatable bonds is 3. The lowest BCUT2D eigenvalue weighted by atomic mass is 9.81. The summed E-state index contributed by atoms with van der Waals surface area (Å²) < 4.78 is 3.48. The highest BCUT2D eigenvalue weighted by Crippen LogP contribution is 2.30. The average Bonchev–Trinajstić information content (AvgIpc) is 3.15. The van der Waals surface area contributed by atoms with E-state index in [1.165, 1.54) is 0 Å². The Morgan fingerprint density at radius 2 is 2.19 bits per heavy atom. The molecule has 0 aliphatic heterocycles. The molecule has 1 fully saturated rings. The first-order chi connectivity index (χ1) is 12.6. The first-order valence-corrected chi connectivity index (χ1v) is 8.60. The fourth-order valence-electron chi connectivity index (χ4n) is 3.16. The van der Waals surface area contributed by atoms with Crippen LogP contribution in [0.1, 0.15) is 30.5 Å². The van der Waals surface area contributed by atoms with Crippen LogP contribution >= 0.6 is 0 Å². The van der Waals surface area contributed by atoms with Crippen LogP contribution in [-0.4, -0.2) is 36.6 Å². The summed E-state index contributed by atoms with van der Waals surface area (Å²) in [4.78, 5) is 21.5. The highest BCUT2D eigenvalue weighted by atomic mass is 16.3. The third-order valence-electron chi connectivity index (χ3n) is 4.71. The molecular weight excluding hydrogens is 330 g/mol. The Morgan fingerprint density at radius 3 is 2.85 bits per heavy atom. The summed E-state index contributed by atoms with van der Waals surface area (Å²) in [5.74, 6) is 6.00. The van der Waals surface area contributed by atoms with Crippen molar-refractivity contribution in [2.45, 2.75) is 31.3 Å². The van der Waals surface area contributed by atoms with Gasteiger partial charge in [0.05, 0.1) is 5.39 Å². The number of aliphatic hydroxyl groups is 1. The fraction of sp³-hybridized carbons (Fsp3) is 0.316. The van der Waals surface area contributed by atoms with E-state index in [-0.39, 0.29) is 5.43 Å². The highest BCUT2D eigenvalue weighted by Gasteiger charge is 2.32. The van der Waals surface area contributed by atoms with Crippen LogP contribution in [0, 0.1) is 11.8 Å². The molecule has 0 atom stereocenters. The maximum absolute atomic E-state index is 13.0. The number of imidazole rings is 1. The topological polar surface area (TPSA) is 99.0 Å². The lowest BCUT2D eigenvalue weighted by Crippen LogP contribution is -2.35. The molecule has 26 heavy (non-hydrogen) atoms. The minimum atomic E-state index is -0.977. The first-order valence-electron chi connectivity index (χ1n) is 8.60. The maximum Gasteiger partial charge on any atom is 0.195 e. The summed E-state index contributed by atoms with van der Waals surface area (Å²) in [7, 11) is 0. The Morgan fingerprint density at radius 1 is 1.35 bits per heavy atom. The van der Waals surface area contributed by atoms with E-state index in [0.29, 0.717) is 48.1 Å². The van der Waals surface area contributed by atoms with Crippen LogP contribution in [0.4, 0.5) is 0 Å². The zero-order chi connectivity index (χ0) is 18.1. The van der Waals surface area contributed by atoms with Gasteiger partial charge in [0.25, 0.3) is 0 Å². The van der Waals surface area contributed by atoms with Crippen LogP contribution in [0.2, 0.25) is 0 Å². The predicted molar refractivity (Wildman–Crippen MR) is 97.5 cm³/mol. The van der Waals surface area contributed by atoms with Crippen LogP contribution in [-0.2, 0) is 6.42 Å². The molecule has 4 rings (SSSR count). The van der Waals surface area contributed by atoms with Crippen LogP contribution in [0.15, 0.2) is 41.8 Å². The van der Waals surface area contributed by atoms with E-state index in [2.05, 4.69) is 21.8 Å². The van der Waals surface area contributed by atoms with E-state index in [0.717, 1.165) is 6.42 Å². The van der Waals surface area contributed by atoms with Gasteiger partial charge in [-0.2, -0.15) is 0 Å². The van der Waals surface area contributed by atoms with E-state index >= 15 is 0 Å². The lowest BCUT2D eigenvalue weighted by molar-refractivity contribution is 0.0239. The molecule has 0 saturated heterocycles. The van der Waals surface area contributed by atoms with Gasteiger partial charge in [0.1, 0.15) is 17.6 Å². The molecule has 0 radical (unpaired) electrons. The number of nitrogens with zero attached hydrogens (tertiary/aromatic N) is 4. The third-order valence-corrected chi connectivity index (χ3v) is 4.71. The first kappa shape index (κ1) is 16.5.